The molecule has 7 atom stereocenters. The molecule has 26 heteroatoms. The van der Waals surface area contributed by atoms with Crippen LogP contribution in [0.4, 0.5) is 0 Å². The van der Waals surface area contributed by atoms with E-state index in [-0.39, 0.29) is 12.0 Å². The molecule has 26 nitrogen and oxygen atoms in total. The van der Waals surface area contributed by atoms with Crippen LogP contribution in [0.15, 0.2) is 36.4 Å². The molecular weight excluding hydrogens is 828 g/mol. The van der Waals surface area contributed by atoms with Crippen LogP contribution < -0.4 is 18.9 Å². The zero-order valence-electron chi connectivity index (χ0n) is 32.4. The molecule has 1 fully saturated rings. The molecule has 7 unspecified atom stereocenters. The Kier molecular flexibility index (Phi) is 16.8. The first-order chi connectivity index (χ1) is 29.0. The summed E-state index contributed by atoms with van der Waals surface area (Å²) in [6.45, 7) is -3.84. The molecule has 3 aliphatic rings. The Hall–Kier alpha value is -6.96. The zero-order chi connectivity index (χ0) is 44.8. The molecule has 2 aromatic rings. The molecule has 0 radical (unpaired) electrons. The Morgan fingerprint density at radius 1 is 0.656 bits per heavy atom. The molecule has 0 amide bonds. The highest BCUT2D eigenvalue weighted by atomic mass is 16.7. The standard InChI is InChI=1S/C18H24N4O18.C17H16O4/c23-11(1-5-19(28)29)36-9-10-15(38-12(24)2-6-20(30)31)16(39-13(25)3-7-21(32)33)17(18(27)37-10)40-14(26)4-8-22(34)35;1-18-10-4-6-13-15(7-10)20-9-14-12-5-3-11(19-2)8-16(12)21-17(13)14/h10,15-18,27H,1-9H2;3-8,14,17H,9H2,1-2H3. The van der Waals surface area contributed by atoms with Crippen molar-refractivity contribution in [2.75, 3.05) is 53.6 Å². The Morgan fingerprint density at radius 2 is 1.11 bits per heavy atom. The van der Waals surface area contributed by atoms with Gasteiger partial charge in [-0.25, -0.2) is 0 Å². The van der Waals surface area contributed by atoms with Gasteiger partial charge < -0.3 is 47.7 Å². The minimum absolute atomic E-state index is 0.00163. The minimum atomic E-state index is -2.22. The monoisotopic (exact) mass is 868 g/mol. The number of aliphatic hydroxyl groups is 1. The summed E-state index contributed by atoms with van der Waals surface area (Å²) >= 11 is 0. The number of nitro groups is 4. The van der Waals surface area contributed by atoms with Gasteiger partial charge in [-0.2, -0.15) is 0 Å². The van der Waals surface area contributed by atoms with Crippen molar-refractivity contribution in [2.45, 2.75) is 68.4 Å². The molecule has 332 valence electrons. The van der Waals surface area contributed by atoms with E-state index in [2.05, 4.69) is 6.07 Å². The quantitative estimate of drug-likeness (QED) is 0.0889. The second-order valence-electron chi connectivity index (χ2n) is 13.1. The van der Waals surface area contributed by atoms with Crippen molar-refractivity contribution in [3.05, 3.63) is 88.0 Å². The third kappa shape index (κ3) is 13.5. The van der Waals surface area contributed by atoms with Crippen LogP contribution in [0.1, 0.15) is 48.8 Å². The molecule has 0 spiro atoms. The Morgan fingerprint density at radius 3 is 1.62 bits per heavy atom. The van der Waals surface area contributed by atoms with E-state index < -0.39 is 133 Å². The zero-order valence-corrected chi connectivity index (χ0v) is 32.4. The normalized spacial score (nSPS) is 21.7. The van der Waals surface area contributed by atoms with Gasteiger partial charge in [-0.05, 0) is 18.2 Å². The van der Waals surface area contributed by atoms with Gasteiger partial charge in [0.1, 0.15) is 67.5 Å². The summed E-state index contributed by atoms with van der Waals surface area (Å²) in [6.07, 6.45) is -13.2. The van der Waals surface area contributed by atoms with E-state index in [4.69, 9.17) is 42.6 Å². The maximum Gasteiger partial charge on any atom is 0.313 e. The van der Waals surface area contributed by atoms with Crippen LogP contribution in [0.3, 0.4) is 0 Å². The van der Waals surface area contributed by atoms with E-state index in [0.29, 0.717) is 6.61 Å². The van der Waals surface area contributed by atoms with Gasteiger partial charge in [0.05, 0.1) is 26.7 Å². The van der Waals surface area contributed by atoms with E-state index in [1.165, 1.54) is 5.56 Å². The highest BCUT2D eigenvalue weighted by Crippen LogP contribution is 2.52. The third-order valence-electron chi connectivity index (χ3n) is 9.00. The molecule has 3 aliphatic heterocycles. The van der Waals surface area contributed by atoms with Gasteiger partial charge in [0.2, 0.25) is 26.2 Å². The maximum absolute atomic E-state index is 12.3. The number of hydrogen-bond donors (Lipinski definition) is 1. The average molecular weight is 869 g/mol. The topological polar surface area (TPSA) is 344 Å². The summed E-state index contributed by atoms with van der Waals surface area (Å²) in [5.41, 5.74) is 2.25. The van der Waals surface area contributed by atoms with Gasteiger partial charge in [-0.1, -0.05) is 6.07 Å². The second-order valence-corrected chi connectivity index (χ2v) is 13.1. The van der Waals surface area contributed by atoms with E-state index in [0.717, 1.165) is 28.6 Å². The third-order valence-corrected chi connectivity index (χ3v) is 9.00. The number of ether oxygens (including phenoxy) is 9. The lowest BCUT2D eigenvalue weighted by Gasteiger charge is -2.42. The highest BCUT2D eigenvalue weighted by Gasteiger charge is 2.52. The summed E-state index contributed by atoms with van der Waals surface area (Å²) in [5, 5.41) is 52.7. The fourth-order valence-corrected chi connectivity index (χ4v) is 6.11. The summed E-state index contributed by atoms with van der Waals surface area (Å²) in [7, 11) is 3.32. The first-order valence-corrected chi connectivity index (χ1v) is 18.2. The van der Waals surface area contributed by atoms with Gasteiger partial charge >= 0.3 is 23.9 Å². The Labute approximate surface area is 343 Å². The van der Waals surface area contributed by atoms with Crippen LogP contribution >= 0.6 is 0 Å². The van der Waals surface area contributed by atoms with E-state index in [1.54, 1.807) is 14.2 Å². The van der Waals surface area contributed by atoms with Crippen LogP contribution in [-0.4, -0.2) is 133 Å². The van der Waals surface area contributed by atoms with Crippen molar-refractivity contribution in [1.82, 2.24) is 0 Å². The number of rotatable bonds is 19. The molecule has 3 heterocycles. The highest BCUT2D eigenvalue weighted by molar-refractivity contribution is 5.72. The number of carbonyl (C=O) groups is 4. The van der Waals surface area contributed by atoms with E-state index in [9.17, 15) is 64.7 Å². The van der Waals surface area contributed by atoms with Gasteiger partial charge in [-0.3, -0.25) is 59.6 Å². The molecule has 1 saturated heterocycles. The second kappa shape index (κ2) is 21.9. The first kappa shape index (κ1) is 46.7. The average Bonchev–Trinajstić information content (AvgIpc) is 3.60. The molecule has 0 aliphatic carbocycles. The number of esters is 4. The summed E-state index contributed by atoms with van der Waals surface area (Å²) in [6, 6.07) is 11.9. The van der Waals surface area contributed by atoms with Crippen molar-refractivity contribution in [1.29, 1.82) is 0 Å². The van der Waals surface area contributed by atoms with Crippen LogP contribution in [-0.2, 0) is 42.9 Å². The fourth-order valence-electron chi connectivity index (χ4n) is 6.11. The number of fused-ring (bicyclic) bond motifs is 5. The largest absolute Gasteiger partial charge is 0.497 e. The minimum Gasteiger partial charge on any atom is -0.497 e. The first-order valence-electron chi connectivity index (χ1n) is 18.2. The van der Waals surface area contributed by atoms with Crippen molar-refractivity contribution < 1.29 is 86.6 Å². The molecule has 61 heavy (non-hydrogen) atoms. The smallest absolute Gasteiger partial charge is 0.313 e. The predicted molar refractivity (Wildman–Crippen MR) is 195 cm³/mol. The fraction of sp³-hybridized carbons (Fsp3) is 0.543. The Balaban J connectivity index is 0.000000321. The Bertz CT molecular complexity index is 1960. The number of nitrogens with zero attached hydrogens (tertiary/aromatic N) is 4. The predicted octanol–water partition coefficient (Wildman–Crippen LogP) is 0.963. The number of benzene rings is 2. The summed E-state index contributed by atoms with van der Waals surface area (Å²) < 4.78 is 47.6. The molecule has 0 saturated carbocycles. The lowest BCUT2D eigenvalue weighted by atomic mass is 9.89. The van der Waals surface area contributed by atoms with Gasteiger partial charge in [0, 0.05) is 43.0 Å². The van der Waals surface area contributed by atoms with E-state index in [1.807, 2.05) is 30.3 Å². The van der Waals surface area contributed by atoms with Gasteiger partial charge in [0.25, 0.3) is 0 Å². The number of hydrogen-bond acceptors (Lipinski definition) is 22. The van der Waals surface area contributed by atoms with Crippen molar-refractivity contribution >= 4 is 23.9 Å². The molecular formula is C35H40N4O22. The van der Waals surface area contributed by atoms with Crippen LogP contribution in [0.5, 0.6) is 23.0 Å². The molecule has 2 aromatic carbocycles. The molecule has 0 bridgehead atoms. The number of carbonyl (C=O) groups excluding carboxylic acids is 4. The lowest BCUT2D eigenvalue weighted by molar-refractivity contribution is -0.479. The molecule has 1 N–H and O–H groups in total. The lowest BCUT2D eigenvalue weighted by Crippen LogP contribution is -2.62. The molecule has 5 rings (SSSR count). The van der Waals surface area contributed by atoms with Gasteiger partial charge in [-0.15, -0.1) is 0 Å². The number of aliphatic hydroxyl groups excluding tert-OH is 1. The van der Waals surface area contributed by atoms with E-state index >= 15 is 0 Å². The summed E-state index contributed by atoms with van der Waals surface area (Å²) in [4.78, 5) is 87.3. The van der Waals surface area contributed by atoms with Crippen molar-refractivity contribution in [3.63, 3.8) is 0 Å². The van der Waals surface area contributed by atoms with Crippen LogP contribution in [0, 0.1) is 40.5 Å². The van der Waals surface area contributed by atoms with Gasteiger partial charge in [0.15, 0.2) is 24.6 Å². The van der Waals surface area contributed by atoms with Crippen LogP contribution in [0.25, 0.3) is 0 Å². The maximum atomic E-state index is 12.3. The summed E-state index contributed by atoms with van der Waals surface area (Å²) in [5.74, 6) is -1.50. The SMILES string of the molecule is COc1ccc2c(c1)OC1c3ccc(OC)cc3OCC21.O=C(CC[N+](=O)[O-])OCC1OC(O)C(OC(=O)CC[N+](=O)[O-])C(OC(=O)CC[N+](=O)[O-])C1OC(=O)CC[N+](=O)[O-]. The number of methoxy groups -OCH3 is 2. The molecule has 0 aromatic heterocycles. The van der Waals surface area contributed by atoms with Crippen molar-refractivity contribution in [2.24, 2.45) is 0 Å². The van der Waals surface area contributed by atoms with Crippen molar-refractivity contribution in [3.8, 4) is 23.0 Å². The van der Waals surface area contributed by atoms with Crippen LogP contribution in [0.2, 0.25) is 0 Å².